The van der Waals surface area contributed by atoms with Gasteiger partial charge in [-0.05, 0) is 50.4 Å². The van der Waals surface area contributed by atoms with E-state index >= 15 is 0 Å². The zero-order chi connectivity index (χ0) is 16.4. The number of amides is 1. The smallest absolute Gasteiger partial charge is 0.246 e. The average Bonchev–Trinajstić information content (AvgIpc) is 2.99. The van der Waals surface area contributed by atoms with E-state index in [0.29, 0.717) is 25.0 Å². The monoisotopic (exact) mass is 321 g/mol. The number of hydrogen-bond acceptors (Lipinski definition) is 3. The van der Waals surface area contributed by atoms with Gasteiger partial charge in [-0.25, -0.2) is 0 Å². The van der Waals surface area contributed by atoms with Crippen LogP contribution in [0.1, 0.15) is 58.8 Å². The molecule has 3 atom stereocenters. The summed E-state index contributed by atoms with van der Waals surface area (Å²) in [5.74, 6) is 0.235. The van der Waals surface area contributed by atoms with Crippen molar-refractivity contribution >= 4 is 5.91 Å². The van der Waals surface area contributed by atoms with Crippen molar-refractivity contribution in [2.24, 2.45) is 11.3 Å². The molecule has 3 fully saturated rings. The number of carbonyl (C=O) groups is 1. The van der Waals surface area contributed by atoms with Crippen LogP contribution in [0.3, 0.4) is 0 Å². The van der Waals surface area contributed by atoms with Gasteiger partial charge in [-0.1, -0.05) is 19.4 Å². The summed E-state index contributed by atoms with van der Waals surface area (Å²) in [6.45, 7) is 6.67. The SMILES string of the molecule is CC1(C)CCC(=CC(=O)N2CCC[C@@H]2[C@H]2COCC[C@@H]2O)CC1. The molecule has 1 saturated carbocycles. The summed E-state index contributed by atoms with van der Waals surface area (Å²) in [5.41, 5.74) is 1.72. The number of carbonyl (C=O) groups excluding carboxylic acids is 1. The molecule has 0 unspecified atom stereocenters. The van der Waals surface area contributed by atoms with Crippen LogP contribution >= 0.6 is 0 Å². The maximum absolute atomic E-state index is 12.8. The first-order valence-electron chi connectivity index (χ1n) is 9.22. The van der Waals surface area contributed by atoms with E-state index in [-0.39, 0.29) is 24.0 Å². The molecular weight excluding hydrogens is 290 g/mol. The molecule has 0 spiro atoms. The Morgan fingerprint density at radius 2 is 2.04 bits per heavy atom. The minimum atomic E-state index is -0.328. The third kappa shape index (κ3) is 3.97. The molecule has 3 aliphatic rings. The Morgan fingerprint density at radius 3 is 2.74 bits per heavy atom. The van der Waals surface area contributed by atoms with E-state index in [2.05, 4.69) is 13.8 Å². The minimum Gasteiger partial charge on any atom is -0.393 e. The highest BCUT2D eigenvalue weighted by atomic mass is 16.5. The lowest BCUT2D eigenvalue weighted by Gasteiger charge is -2.37. The van der Waals surface area contributed by atoms with Gasteiger partial charge in [0.15, 0.2) is 0 Å². The van der Waals surface area contributed by atoms with E-state index in [0.717, 1.165) is 32.2 Å². The number of aliphatic hydroxyl groups is 1. The number of aliphatic hydroxyl groups excluding tert-OH is 1. The fourth-order valence-corrected chi connectivity index (χ4v) is 4.28. The fraction of sp³-hybridized carbons (Fsp3) is 0.842. The van der Waals surface area contributed by atoms with Crippen molar-refractivity contribution in [2.45, 2.75) is 70.9 Å². The zero-order valence-corrected chi connectivity index (χ0v) is 14.6. The Balaban J connectivity index is 1.64. The van der Waals surface area contributed by atoms with E-state index < -0.39 is 0 Å². The third-order valence-corrected chi connectivity index (χ3v) is 6.01. The number of likely N-dealkylation sites (tertiary alicyclic amines) is 1. The number of rotatable bonds is 2. The van der Waals surface area contributed by atoms with Crippen LogP contribution in [0.4, 0.5) is 0 Å². The summed E-state index contributed by atoms with van der Waals surface area (Å²) in [7, 11) is 0. The Hall–Kier alpha value is -0.870. The molecule has 0 radical (unpaired) electrons. The van der Waals surface area contributed by atoms with Crippen LogP contribution in [-0.2, 0) is 9.53 Å². The van der Waals surface area contributed by atoms with Gasteiger partial charge in [0.25, 0.3) is 0 Å². The summed E-state index contributed by atoms with van der Waals surface area (Å²) in [4.78, 5) is 14.8. The van der Waals surface area contributed by atoms with Gasteiger partial charge < -0.3 is 14.7 Å². The van der Waals surface area contributed by atoms with Gasteiger partial charge in [0, 0.05) is 31.2 Å². The second kappa shape index (κ2) is 6.94. The average molecular weight is 321 g/mol. The van der Waals surface area contributed by atoms with Gasteiger partial charge in [0.1, 0.15) is 0 Å². The van der Waals surface area contributed by atoms with Crippen LogP contribution in [0.5, 0.6) is 0 Å². The van der Waals surface area contributed by atoms with Gasteiger partial charge in [-0.15, -0.1) is 0 Å². The molecule has 0 aromatic rings. The third-order valence-electron chi connectivity index (χ3n) is 6.01. The van der Waals surface area contributed by atoms with Crippen molar-refractivity contribution in [2.75, 3.05) is 19.8 Å². The molecule has 2 heterocycles. The van der Waals surface area contributed by atoms with Crippen LogP contribution in [-0.4, -0.2) is 47.8 Å². The molecule has 3 rings (SSSR count). The lowest BCUT2D eigenvalue weighted by atomic mass is 9.75. The van der Waals surface area contributed by atoms with Crippen molar-refractivity contribution in [1.29, 1.82) is 0 Å². The molecule has 2 saturated heterocycles. The molecule has 1 N–H and O–H groups in total. The highest BCUT2D eigenvalue weighted by molar-refractivity contribution is 5.88. The number of allylic oxidation sites excluding steroid dienone is 1. The van der Waals surface area contributed by atoms with Crippen LogP contribution < -0.4 is 0 Å². The van der Waals surface area contributed by atoms with Crippen molar-refractivity contribution in [3.63, 3.8) is 0 Å². The van der Waals surface area contributed by atoms with Crippen LogP contribution in [0.25, 0.3) is 0 Å². The van der Waals surface area contributed by atoms with Crippen molar-refractivity contribution in [1.82, 2.24) is 4.90 Å². The predicted molar refractivity (Wildman–Crippen MR) is 90.0 cm³/mol. The van der Waals surface area contributed by atoms with Gasteiger partial charge in [0.05, 0.1) is 12.7 Å². The number of ether oxygens (including phenoxy) is 1. The van der Waals surface area contributed by atoms with Gasteiger partial charge in [0.2, 0.25) is 5.91 Å². The predicted octanol–water partition coefficient (Wildman–Crippen LogP) is 2.90. The molecule has 1 amide bonds. The number of nitrogens with zero attached hydrogens (tertiary/aromatic N) is 1. The van der Waals surface area contributed by atoms with E-state index in [1.165, 1.54) is 18.4 Å². The first kappa shape index (κ1) is 17.0. The van der Waals surface area contributed by atoms with E-state index in [4.69, 9.17) is 4.74 Å². The summed E-state index contributed by atoms with van der Waals surface area (Å²) in [5, 5.41) is 10.3. The summed E-state index contributed by atoms with van der Waals surface area (Å²) in [6, 6.07) is 0.148. The summed E-state index contributed by atoms with van der Waals surface area (Å²) in [6.07, 6.45) is 8.73. The first-order valence-corrected chi connectivity index (χ1v) is 9.22. The van der Waals surface area contributed by atoms with Crippen molar-refractivity contribution in [3.05, 3.63) is 11.6 Å². The minimum absolute atomic E-state index is 0.0823. The Kier molecular flexibility index (Phi) is 5.12. The fourth-order valence-electron chi connectivity index (χ4n) is 4.28. The second-order valence-corrected chi connectivity index (χ2v) is 8.30. The van der Waals surface area contributed by atoms with Gasteiger partial charge in [-0.3, -0.25) is 4.79 Å². The lowest BCUT2D eigenvalue weighted by Crippen LogP contribution is -2.47. The number of hydrogen-bond donors (Lipinski definition) is 1. The van der Waals surface area contributed by atoms with Crippen molar-refractivity contribution < 1.29 is 14.6 Å². The van der Waals surface area contributed by atoms with E-state index in [1.807, 2.05) is 11.0 Å². The maximum atomic E-state index is 12.8. The van der Waals surface area contributed by atoms with Crippen LogP contribution in [0.15, 0.2) is 11.6 Å². The topological polar surface area (TPSA) is 49.8 Å². The highest BCUT2D eigenvalue weighted by Gasteiger charge is 2.39. The molecule has 4 heteroatoms. The Labute approximate surface area is 139 Å². The van der Waals surface area contributed by atoms with Gasteiger partial charge >= 0.3 is 0 Å². The van der Waals surface area contributed by atoms with Crippen LogP contribution in [0.2, 0.25) is 0 Å². The first-order chi connectivity index (χ1) is 11.0. The summed E-state index contributed by atoms with van der Waals surface area (Å²) >= 11 is 0. The molecule has 0 aromatic heterocycles. The molecule has 130 valence electrons. The normalized spacial score (nSPS) is 34.5. The molecule has 23 heavy (non-hydrogen) atoms. The van der Waals surface area contributed by atoms with Crippen LogP contribution in [0, 0.1) is 11.3 Å². The molecule has 2 aliphatic heterocycles. The zero-order valence-electron chi connectivity index (χ0n) is 14.6. The van der Waals surface area contributed by atoms with Crippen molar-refractivity contribution in [3.8, 4) is 0 Å². The van der Waals surface area contributed by atoms with E-state index in [1.54, 1.807) is 0 Å². The Bertz CT molecular complexity index is 459. The van der Waals surface area contributed by atoms with E-state index in [9.17, 15) is 9.90 Å². The maximum Gasteiger partial charge on any atom is 0.246 e. The molecule has 4 nitrogen and oxygen atoms in total. The lowest BCUT2D eigenvalue weighted by molar-refractivity contribution is -0.131. The second-order valence-electron chi connectivity index (χ2n) is 8.30. The highest BCUT2D eigenvalue weighted by Crippen LogP contribution is 2.38. The molecule has 0 aromatic carbocycles. The largest absolute Gasteiger partial charge is 0.393 e. The molecule has 0 bridgehead atoms. The summed E-state index contributed by atoms with van der Waals surface area (Å²) < 4.78 is 5.55. The van der Waals surface area contributed by atoms with Gasteiger partial charge in [-0.2, -0.15) is 0 Å². The standard InChI is InChI=1S/C19H31NO3/c1-19(2)8-5-14(6-9-19)12-18(22)20-10-3-4-16(20)15-13-23-11-7-17(15)21/h12,15-17,21H,3-11,13H2,1-2H3/t15-,16-,17+/m1/s1. The molecule has 1 aliphatic carbocycles. The quantitative estimate of drug-likeness (QED) is 0.796. The Morgan fingerprint density at radius 1 is 1.30 bits per heavy atom. The molecular formula is C19H31NO3.